The third-order valence-corrected chi connectivity index (χ3v) is 1.76. The number of hydrogen-bond acceptors (Lipinski definition) is 3. The van der Waals surface area contributed by atoms with Crippen LogP contribution in [0, 0.1) is 0 Å². The summed E-state index contributed by atoms with van der Waals surface area (Å²) in [5, 5.41) is 3.10. The van der Waals surface area contributed by atoms with Gasteiger partial charge in [0.05, 0.1) is 6.10 Å². The van der Waals surface area contributed by atoms with Gasteiger partial charge in [0.1, 0.15) is 6.23 Å². The molecule has 0 aromatic carbocycles. The van der Waals surface area contributed by atoms with Gasteiger partial charge in [0.25, 0.3) is 0 Å². The summed E-state index contributed by atoms with van der Waals surface area (Å²) in [6.07, 6.45) is 0.574. The zero-order chi connectivity index (χ0) is 7.56. The fourth-order valence-electron chi connectivity index (χ4n) is 1.32. The summed E-state index contributed by atoms with van der Waals surface area (Å²) in [7, 11) is 4.04. The Kier molecular flexibility index (Phi) is 2.65. The molecule has 1 heterocycles. The van der Waals surface area contributed by atoms with Gasteiger partial charge in [0.2, 0.25) is 0 Å². The van der Waals surface area contributed by atoms with Crippen LogP contribution in [0.2, 0.25) is 0 Å². The molecule has 1 saturated heterocycles. The molecule has 0 aliphatic carbocycles. The van der Waals surface area contributed by atoms with Gasteiger partial charge in [-0.2, -0.15) is 0 Å². The Hall–Kier alpha value is -0.120. The molecular formula is C7H16N2O. The summed E-state index contributed by atoms with van der Waals surface area (Å²) in [5.74, 6) is 0. The maximum absolute atomic E-state index is 5.55. The van der Waals surface area contributed by atoms with Gasteiger partial charge >= 0.3 is 0 Å². The second kappa shape index (κ2) is 3.32. The van der Waals surface area contributed by atoms with E-state index >= 15 is 0 Å². The van der Waals surface area contributed by atoms with E-state index < -0.39 is 0 Å². The van der Waals surface area contributed by atoms with Crippen molar-refractivity contribution in [3.8, 4) is 0 Å². The Bertz CT molecular complexity index is 97.8. The second-order valence-electron chi connectivity index (χ2n) is 2.95. The number of ether oxygens (including phenoxy) is 1. The second-order valence-corrected chi connectivity index (χ2v) is 2.95. The highest BCUT2D eigenvalue weighted by Gasteiger charge is 2.20. The molecule has 1 aliphatic heterocycles. The third kappa shape index (κ3) is 1.94. The van der Waals surface area contributed by atoms with E-state index in [1.807, 2.05) is 7.05 Å². The van der Waals surface area contributed by atoms with Crippen molar-refractivity contribution >= 4 is 0 Å². The quantitative estimate of drug-likeness (QED) is 0.555. The molecule has 0 amide bonds. The normalized spacial score (nSPS) is 36.3. The minimum absolute atomic E-state index is 0.216. The molecule has 1 N–H and O–H groups in total. The Morgan fingerprint density at radius 3 is 2.70 bits per heavy atom. The number of morpholine rings is 1. The predicted molar refractivity (Wildman–Crippen MR) is 40.9 cm³/mol. The average molecular weight is 144 g/mol. The lowest BCUT2D eigenvalue weighted by molar-refractivity contribution is -0.0810. The first-order valence-electron chi connectivity index (χ1n) is 3.73. The molecule has 10 heavy (non-hydrogen) atoms. The Morgan fingerprint density at radius 2 is 2.20 bits per heavy atom. The van der Waals surface area contributed by atoms with Crippen LogP contribution in [0.25, 0.3) is 0 Å². The molecule has 1 fully saturated rings. The van der Waals surface area contributed by atoms with Crippen LogP contribution in [0.5, 0.6) is 0 Å². The van der Waals surface area contributed by atoms with E-state index in [2.05, 4.69) is 24.2 Å². The van der Waals surface area contributed by atoms with Crippen molar-refractivity contribution in [1.29, 1.82) is 0 Å². The van der Waals surface area contributed by atoms with Crippen LogP contribution in [0.4, 0.5) is 0 Å². The number of rotatable bonds is 1. The molecule has 0 aromatic rings. The molecule has 1 rings (SSSR count). The average Bonchev–Trinajstić information content (AvgIpc) is 1.85. The summed E-state index contributed by atoms with van der Waals surface area (Å²) in [5.41, 5.74) is 0. The van der Waals surface area contributed by atoms with Gasteiger partial charge in [-0.15, -0.1) is 0 Å². The van der Waals surface area contributed by atoms with Crippen LogP contribution in [0.3, 0.4) is 0 Å². The highest BCUT2D eigenvalue weighted by molar-refractivity contribution is 4.70. The smallest absolute Gasteiger partial charge is 0.121 e. The molecule has 0 saturated carbocycles. The largest absolute Gasteiger partial charge is 0.358 e. The van der Waals surface area contributed by atoms with Gasteiger partial charge in [-0.25, -0.2) is 0 Å². The van der Waals surface area contributed by atoms with Gasteiger partial charge in [0, 0.05) is 13.1 Å². The maximum Gasteiger partial charge on any atom is 0.121 e. The van der Waals surface area contributed by atoms with Crippen LogP contribution in [0.15, 0.2) is 0 Å². The van der Waals surface area contributed by atoms with Crippen LogP contribution >= 0.6 is 0 Å². The lowest BCUT2D eigenvalue weighted by Crippen LogP contribution is -2.49. The summed E-state index contributed by atoms with van der Waals surface area (Å²) in [6, 6.07) is 0. The summed E-state index contributed by atoms with van der Waals surface area (Å²) >= 11 is 0. The molecular weight excluding hydrogens is 128 g/mol. The highest BCUT2D eigenvalue weighted by Crippen LogP contribution is 2.05. The van der Waals surface area contributed by atoms with Crippen molar-refractivity contribution in [2.75, 3.05) is 27.2 Å². The Morgan fingerprint density at radius 1 is 1.50 bits per heavy atom. The molecule has 0 radical (unpaired) electrons. The van der Waals surface area contributed by atoms with E-state index in [1.165, 1.54) is 0 Å². The monoisotopic (exact) mass is 144 g/mol. The van der Waals surface area contributed by atoms with Crippen molar-refractivity contribution in [1.82, 2.24) is 10.2 Å². The first-order valence-corrected chi connectivity index (χ1v) is 3.73. The highest BCUT2D eigenvalue weighted by atomic mass is 16.5. The van der Waals surface area contributed by atoms with E-state index in [0.717, 1.165) is 13.1 Å². The standard InChI is InChI=1S/C7H16N2O/c1-6-4-9(3)5-7(8-2)10-6/h6-8H,4-5H2,1-3H3. The topological polar surface area (TPSA) is 24.5 Å². The van der Waals surface area contributed by atoms with Crippen molar-refractivity contribution in [3.63, 3.8) is 0 Å². The van der Waals surface area contributed by atoms with Gasteiger partial charge in [-0.3, -0.25) is 10.2 Å². The molecule has 2 unspecified atom stereocenters. The van der Waals surface area contributed by atoms with Crippen LogP contribution in [0.1, 0.15) is 6.92 Å². The lowest BCUT2D eigenvalue weighted by atomic mass is 10.3. The van der Waals surface area contributed by atoms with Crippen molar-refractivity contribution in [2.24, 2.45) is 0 Å². The summed E-state index contributed by atoms with van der Waals surface area (Å²) in [6.45, 7) is 4.12. The zero-order valence-corrected chi connectivity index (χ0v) is 6.92. The van der Waals surface area contributed by atoms with E-state index in [4.69, 9.17) is 4.74 Å². The maximum atomic E-state index is 5.55. The molecule has 0 spiro atoms. The van der Waals surface area contributed by atoms with Crippen LogP contribution in [-0.4, -0.2) is 44.4 Å². The van der Waals surface area contributed by atoms with Crippen LogP contribution in [-0.2, 0) is 4.74 Å². The van der Waals surface area contributed by atoms with Gasteiger partial charge < -0.3 is 4.74 Å². The Labute approximate surface area is 62.3 Å². The summed E-state index contributed by atoms with van der Waals surface area (Å²) in [4.78, 5) is 2.27. The van der Waals surface area contributed by atoms with Crippen LogP contribution < -0.4 is 5.32 Å². The molecule has 0 aromatic heterocycles. The fourth-order valence-corrected chi connectivity index (χ4v) is 1.32. The zero-order valence-electron chi connectivity index (χ0n) is 6.92. The number of likely N-dealkylation sites (N-methyl/N-ethyl adjacent to an activating group) is 2. The molecule has 3 heteroatoms. The first kappa shape index (κ1) is 7.98. The van der Waals surface area contributed by atoms with Gasteiger partial charge in [0.15, 0.2) is 0 Å². The molecule has 2 atom stereocenters. The van der Waals surface area contributed by atoms with E-state index in [0.29, 0.717) is 6.10 Å². The third-order valence-electron chi connectivity index (χ3n) is 1.76. The minimum atomic E-state index is 0.216. The molecule has 0 bridgehead atoms. The summed E-state index contributed by atoms with van der Waals surface area (Å²) < 4.78 is 5.55. The fraction of sp³-hybridized carbons (Fsp3) is 1.00. The SMILES string of the molecule is CNC1CN(C)CC(C)O1. The number of hydrogen-bond donors (Lipinski definition) is 1. The van der Waals surface area contributed by atoms with E-state index in [9.17, 15) is 0 Å². The molecule has 3 nitrogen and oxygen atoms in total. The van der Waals surface area contributed by atoms with Crippen molar-refractivity contribution < 1.29 is 4.74 Å². The molecule has 60 valence electrons. The number of nitrogens with one attached hydrogen (secondary N) is 1. The van der Waals surface area contributed by atoms with E-state index in [-0.39, 0.29) is 6.23 Å². The van der Waals surface area contributed by atoms with Crippen molar-refractivity contribution in [2.45, 2.75) is 19.3 Å². The Balaban J connectivity index is 2.35. The lowest BCUT2D eigenvalue weighted by Gasteiger charge is -2.34. The minimum Gasteiger partial charge on any atom is -0.358 e. The van der Waals surface area contributed by atoms with E-state index in [1.54, 1.807) is 0 Å². The van der Waals surface area contributed by atoms with Gasteiger partial charge in [-0.1, -0.05) is 0 Å². The number of nitrogens with zero attached hydrogens (tertiary/aromatic N) is 1. The molecule has 1 aliphatic rings. The van der Waals surface area contributed by atoms with Gasteiger partial charge in [-0.05, 0) is 21.0 Å². The first-order chi connectivity index (χ1) is 4.72. The predicted octanol–water partition coefficient (Wildman–Crippen LogP) is -0.118. The van der Waals surface area contributed by atoms with Crippen molar-refractivity contribution in [3.05, 3.63) is 0 Å².